The summed E-state index contributed by atoms with van der Waals surface area (Å²) in [5.74, 6) is 0. The molecule has 0 atom stereocenters. The highest BCUT2D eigenvalue weighted by Gasteiger charge is 2.07. The van der Waals surface area contributed by atoms with E-state index in [2.05, 4.69) is 51.3 Å². The molecule has 3 heteroatoms. The van der Waals surface area contributed by atoms with Crippen molar-refractivity contribution in [3.05, 3.63) is 66.1 Å². The van der Waals surface area contributed by atoms with Gasteiger partial charge in [-0.25, -0.2) is 4.98 Å². The minimum atomic E-state index is 0.877. The SMILES string of the molecule is c1ccc2c(c1)cc(Cn1ccnc1)c1sccc12. The zero-order valence-corrected chi connectivity index (χ0v) is 11.1. The molecule has 0 N–H and O–H groups in total. The van der Waals surface area contributed by atoms with E-state index in [0.29, 0.717) is 0 Å². The third-order valence-corrected chi connectivity index (χ3v) is 4.44. The van der Waals surface area contributed by atoms with Crippen LogP contribution in [0.4, 0.5) is 0 Å². The summed E-state index contributed by atoms with van der Waals surface area (Å²) >= 11 is 1.82. The molecule has 0 aliphatic carbocycles. The molecule has 0 amide bonds. The summed E-state index contributed by atoms with van der Waals surface area (Å²) in [7, 11) is 0. The fourth-order valence-corrected chi connectivity index (χ4v) is 3.51. The molecule has 0 saturated carbocycles. The summed E-state index contributed by atoms with van der Waals surface area (Å²) in [5.41, 5.74) is 1.36. The zero-order valence-electron chi connectivity index (χ0n) is 10.3. The molecule has 2 nitrogen and oxygen atoms in total. The van der Waals surface area contributed by atoms with Crippen molar-refractivity contribution in [3.63, 3.8) is 0 Å². The topological polar surface area (TPSA) is 17.8 Å². The summed E-state index contributed by atoms with van der Waals surface area (Å²) in [6, 6.07) is 13.1. The third-order valence-electron chi connectivity index (χ3n) is 3.45. The quantitative estimate of drug-likeness (QED) is 0.528. The molecule has 2 heterocycles. The molecular weight excluding hydrogens is 252 g/mol. The van der Waals surface area contributed by atoms with Crippen LogP contribution in [0.25, 0.3) is 20.9 Å². The van der Waals surface area contributed by atoms with Crippen LogP contribution < -0.4 is 0 Å². The molecule has 19 heavy (non-hydrogen) atoms. The smallest absolute Gasteiger partial charge is 0.0949 e. The fraction of sp³-hybridized carbons (Fsp3) is 0.0625. The first-order valence-electron chi connectivity index (χ1n) is 6.25. The Morgan fingerprint density at radius 3 is 2.95 bits per heavy atom. The molecule has 0 spiro atoms. The molecular formula is C16H12N2S. The van der Waals surface area contributed by atoms with Crippen molar-refractivity contribution in [2.75, 3.05) is 0 Å². The van der Waals surface area contributed by atoms with Gasteiger partial charge in [-0.15, -0.1) is 11.3 Å². The Hall–Kier alpha value is -2.13. The number of thiophene rings is 1. The van der Waals surface area contributed by atoms with Crippen molar-refractivity contribution in [1.29, 1.82) is 0 Å². The zero-order chi connectivity index (χ0) is 12.7. The predicted octanol–water partition coefficient (Wildman–Crippen LogP) is 4.30. The monoisotopic (exact) mass is 264 g/mol. The second-order valence-electron chi connectivity index (χ2n) is 4.66. The number of aromatic nitrogens is 2. The maximum absolute atomic E-state index is 4.11. The van der Waals surface area contributed by atoms with Crippen LogP contribution in [0.15, 0.2) is 60.5 Å². The number of hydrogen-bond acceptors (Lipinski definition) is 2. The van der Waals surface area contributed by atoms with Gasteiger partial charge in [-0.2, -0.15) is 0 Å². The predicted molar refractivity (Wildman–Crippen MR) is 80.7 cm³/mol. The van der Waals surface area contributed by atoms with E-state index in [0.717, 1.165) is 6.54 Å². The van der Waals surface area contributed by atoms with Crippen LogP contribution in [0, 0.1) is 0 Å². The largest absolute Gasteiger partial charge is 0.333 e. The normalized spacial score (nSPS) is 11.4. The van der Waals surface area contributed by atoms with Crippen molar-refractivity contribution < 1.29 is 0 Å². The Morgan fingerprint density at radius 1 is 1.11 bits per heavy atom. The lowest BCUT2D eigenvalue weighted by atomic mass is 10.0. The second kappa shape index (κ2) is 4.21. The van der Waals surface area contributed by atoms with Crippen molar-refractivity contribution in [2.45, 2.75) is 6.54 Å². The first kappa shape index (κ1) is 10.8. The highest BCUT2D eigenvalue weighted by Crippen LogP contribution is 2.32. The van der Waals surface area contributed by atoms with E-state index < -0.39 is 0 Å². The number of hydrogen-bond donors (Lipinski definition) is 0. The van der Waals surface area contributed by atoms with Gasteiger partial charge in [0, 0.05) is 29.0 Å². The molecule has 0 aliphatic rings. The maximum atomic E-state index is 4.11. The third kappa shape index (κ3) is 1.74. The van der Waals surface area contributed by atoms with Crippen LogP contribution in [0.3, 0.4) is 0 Å². The standard InChI is InChI=1S/C16H12N2S/c1-2-4-14-12(3-1)9-13(10-18-7-6-17-11-18)16-15(14)5-8-19-16/h1-9,11H,10H2. The molecule has 4 rings (SSSR count). The van der Waals surface area contributed by atoms with Crippen LogP contribution in [-0.4, -0.2) is 9.55 Å². The first-order valence-corrected chi connectivity index (χ1v) is 7.13. The van der Waals surface area contributed by atoms with E-state index >= 15 is 0 Å². The maximum Gasteiger partial charge on any atom is 0.0949 e. The van der Waals surface area contributed by atoms with E-state index in [4.69, 9.17) is 0 Å². The van der Waals surface area contributed by atoms with Crippen LogP contribution in [0.2, 0.25) is 0 Å². The molecule has 2 aromatic carbocycles. The van der Waals surface area contributed by atoms with Gasteiger partial charge in [0.05, 0.1) is 6.33 Å². The molecule has 0 bridgehead atoms. The van der Waals surface area contributed by atoms with E-state index in [1.54, 1.807) is 0 Å². The number of fused-ring (bicyclic) bond motifs is 3. The summed E-state index contributed by atoms with van der Waals surface area (Å²) in [5, 5.41) is 6.18. The van der Waals surface area contributed by atoms with Crippen LogP contribution in [-0.2, 0) is 6.54 Å². The molecule has 0 aliphatic heterocycles. The molecule has 0 radical (unpaired) electrons. The average Bonchev–Trinajstić information content (AvgIpc) is 3.09. The van der Waals surface area contributed by atoms with E-state index in [-0.39, 0.29) is 0 Å². The Morgan fingerprint density at radius 2 is 2.05 bits per heavy atom. The van der Waals surface area contributed by atoms with Gasteiger partial charge in [0.1, 0.15) is 0 Å². The van der Waals surface area contributed by atoms with Crippen molar-refractivity contribution in [2.24, 2.45) is 0 Å². The summed E-state index contributed by atoms with van der Waals surface area (Å²) in [4.78, 5) is 4.11. The highest BCUT2D eigenvalue weighted by atomic mass is 32.1. The van der Waals surface area contributed by atoms with E-state index in [1.165, 1.54) is 26.4 Å². The van der Waals surface area contributed by atoms with E-state index in [9.17, 15) is 0 Å². The van der Waals surface area contributed by atoms with Crippen molar-refractivity contribution in [3.8, 4) is 0 Å². The Bertz CT molecular complexity index is 844. The van der Waals surface area contributed by atoms with Gasteiger partial charge in [0.25, 0.3) is 0 Å². The summed E-state index contributed by atoms with van der Waals surface area (Å²) < 4.78 is 3.50. The Kier molecular flexibility index (Phi) is 2.38. The molecule has 0 fully saturated rings. The van der Waals surface area contributed by atoms with Crippen LogP contribution in [0.1, 0.15) is 5.56 Å². The van der Waals surface area contributed by atoms with Gasteiger partial charge in [-0.1, -0.05) is 24.3 Å². The molecule has 4 aromatic rings. The summed E-state index contributed by atoms with van der Waals surface area (Å²) in [6.45, 7) is 0.877. The van der Waals surface area contributed by atoms with Gasteiger partial charge in [-0.05, 0) is 33.8 Å². The van der Waals surface area contributed by atoms with Gasteiger partial charge in [-0.3, -0.25) is 0 Å². The summed E-state index contributed by atoms with van der Waals surface area (Å²) in [6.07, 6.45) is 5.70. The van der Waals surface area contributed by atoms with Gasteiger partial charge in [0.2, 0.25) is 0 Å². The van der Waals surface area contributed by atoms with E-state index in [1.807, 2.05) is 30.1 Å². The molecule has 92 valence electrons. The Balaban J connectivity index is 1.99. The lowest BCUT2D eigenvalue weighted by Crippen LogP contribution is -1.96. The van der Waals surface area contributed by atoms with Crippen molar-refractivity contribution in [1.82, 2.24) is 9.55 Å². The number of imidazole rings is 1. The molecule has 2 aromatic heterocycles. The number of nitrogens with zero attached hydrogens (tertiary/aromatic N) is 2. The Labute approximate surface area is 114 Å². The van der Waals surface area contributed by atoms with Crippen LogP contribution >= 0.6 is 11.3 Å². The molecule has 0 saturated heterocycles. The number of rotatable bonds is 2. The lowest BCUT2D eigenvalue weighted by molar-refractivity contribution is 0.804. The van der Waals surface area contributed by atoms with Gasteiger partial charge >= 0.3 is 0 Å². The molecule has 0 unspecified atom stereocenters. The fourth-order valence-electron chi connectivity index (χ4n) is 2.59. The van der Waals surface area contributed by atoms with Crippen LogP contribution in [0.5, 0.6) is 0 Å². The minimum absolute atomic E-state index is 0.877. The first-order chi connectivity index (χ1) is 9.42. The highest BCUT2D eigenvalue weighted by molar-refractivity contribution is 7.17. The minimum Gasteiger partial charge on any atom is -0.333 e. The second-order valence-corrected chi connectivity index (χ2v) is 5.57. The average molecular weight is 264 g/mol. The lowest BCUT2D eigenvalue weighted by Gasteiger charge is -2.07. The number of benzene rings is 2. The van der Waals surface area contributed by atoms with Gasteiger partial charge < -0.3 is 4.57 Å². The van der Waals surface area contributed by atoms with Crippen molar-refractivity contribution >= 4 is 32.2 Å². The van der Waals surface area contributed by atoms with Gasteiger partial charge in [0.15, 0.2) is 0 Å².